The van der Waals surface area contributed by atoms with Crippen LogP contribution in [-0.2, 0) is 11.2 Å². The van der Waals surface area contributed by atoms with Gasteiger partial charge in [-0.25, -0.2) is 4.98 Å². The molecule has 4 rings (SSSR count). The Morgan fingerprint density at radius 1 is 1.25 bits per heavy atom. The van der Waals surface area contributed by atoms with Crippen LogP contribution in [0.2, 0.25) is 0 Å². The lowest BCUT2D eigenvalue weighted by atomic mass is 10.1. The number of anilines is 1. The largest absolute Gasteiger partial charge is 0.473 e. The number of hydrogen-bond donors (Lipinski definition) is 2. The summed E-state index contributed by atoms with van der Waals surface area (Å²) in [6.45, 7) is 1.79. The molecule has 0 fully saturated rings. The quantitative estimate of drug-likeness (QED) is 0.720. The van der Waals surface area contributed by atoms with Gasteiger partial charge in [0.05, 0.1) is 0 Å². The van der Waals surface area contributed by atoms with Crippen LogP contribution in [0.5, 0.6) is 5.88 Å². The second-order valence-corrected chi connectivity index (χ2v) is 6.47. The highest BCUT2D eigenvalue weighted by Gasteiger charge is 2.28. The van der Waals surface area contributed by atoms with Crippen molar-refractivity contribution in [2.75, 3.05) is 11.9 Å². The molecule has 2 N–H and O–H groups in total. The zero-order valence-corrected chi connectivity index (χ0v) is 15.1. The molecule has 3 heterocycles. The Morgan fingerprint density at radius 3 is 2.89 bits per heavy atom. The lowest BCUT2D eigenvalue weighted by molar-refractivity contribution is -0.118. The monoisotopic (exact) mass is 378 g/mol. The molecular weight excluding hydrogens is 360 g/mol. The summed E-state index contributed by atoms with van der Waals surface area (Å²) in [7, 11) is 0. The number of fused-ring (bicyclic) bond motifs is 1. The molecule has 0 aliphatic carbocycles. The highest BCUT2D eigenvalue weighted by molar-refractivity contribution is 6.01. The van der Waals surface area contributed by atoms with Gasteiger partial charge < -0.3 is 19.9 Å². The van der Waals surface area contributed by atoms with Crippen molar-refractivity contribution < 1.29 is 18.8 Å². The minimum Gasteiger partial charge on any atom is -0.473 e. The average Bonchev–Trinajstić information content (AvgIpc) is 3.10. The van der Waals surface area contributed by atoms with Gasteiger partial charge in [-0.2, -0.15) is 0 Å². The molecule has 142 valence electrons. The number of hydrogen-bond acceptors (Lipinski definition) is 6. The maximum absolute atomic E-state index is 12.5. The SMILES string of the molecule is Cc1ccc2c(n1)OC[C@H](NC(=O)c1cc(Cc3ccccc3)on1)C(=O)N2. The fraction of sp³-hybridized carbons (Fsp3) is 0.200. The Morgan fingerprint density at radius 2 is 2.07 bits per heavy atom. The molecule has 1 aliphatic rings. The van der Waals surface area contributed by atoms with E-state index in [0.717, 1.165) is 11.3 Å². The molecule has 2 amide bonds. The number of amides is 2. The molecule has 3 aromatic rings. The van der Waals surface area contributed by atoms with Crippen molar-refractivity contribution in [1.29, 1.82) is 0 Å². The molecule has 2 aromatic heterocycles. The highest BCUT2D eigenvalue weighted by atomic mass is 16.5. The zero-order chi connectivity index (χ0) is 19.5. The van der Waals surface area contributed by atoms with Crippen LogP contribution < -0.4 is 15.4 Å². The third-order valence-electron chi connectivity index (χ3n) is 4.28. The van der Waals surface area contributed by atoms with E-state index in [0.29, 0.717) is 23.7 Å². The number of aromatic nitrogens is 2. The standard InChI is InChI=1S/C20H18N4O4/c1-12-7-8-15-20(21-12)27-11-17(19(26)22-15)23-18(25)16-10-14(28-24-16)9-13-5-3-2-4-6-13/h2-8,10,17H,9,11H2,1H3,(H,22,26)(H,23,25)/t17-/m0/s1. The topological polar surface area (TPSA) is 106 Å². The third-order valence-corrected chi connectivity index (χ3v) is 4.28. The maximum atomic E-state index is 12.5. The van der Waals surface area contributed by atoms with E-state index in [2.05, 4.69) is 20.8 Å². The molecule has 0 spiro atoms. The molecule has 1 atom stereocenters. The molecule has 0 bridgehead atoms. The predicted molar refractivity (Wildman–Crippen MR) is 100 cm³/mol. The van der Waals surface area contributed by atoms with E-state index in [4.69, 9.17) is 9.26 Å². The molecule has 0 unspecified atom stereocenters. The van der Waals surface area contributed by atoms with Gasteiger partial charge in [-0.3, -0.25) is 9.59 Å². The fourth-order valence-electron chi connectivity index (χ4n) is 2.84. The van der Waals surface area contributed by atoms with Crippen molar-refractivity contribution >= 4 is 17.5 Å². The van der Waals surface area contributed by atoms with Gasteiger partial charge in [0.2, 0.25) is 5.88 Å². The van der Waals surface area contributed by atoms with Gasteiger partial charge in [-0.05, 0) is 24.6 Å². The smallest absolute Gasteiger partial charge is 0.274 e. The van der Waals surface area contributed by atoms with Crippen LogP contribution >= 0.6 is 0 Å². The van der Waals surface area contributed by atoms with Gasteiger partial charge in [0, 0.05) is 18.2 Å². The molecule has 8 heteroatoms. The van der Waals surface area contributed by atoms with Crippen LogP contribution in [0.3, 0.4) is 0 Å². The van der Waals surface area contributed by atoms with Crippen molar-refractivity contribution in [2.45, 2.75) is 19.4 Å². The molecule has 0 saturated heterocycles. The summed E-state index contributed by atoms with van der Waals surface area (Å²) < 4.78 is 10.8. The van der Waals surface area contributed by atoms with Crippen molar-refractivity contribution in [3.05, 3.63) is 71.2 Å². The van der Waals surface area contributed by atoms with Gasteiger partial charge in [-0.1, -0.05) is 35.5 Å². The third kappa shape index (κ3) is 3.85. The van der Waals surface area contributed by atoms with Crippen molar-refractivity contribution in [1.82, 2.24) is 15.5 Å². The first-order chi connectivity index (χ1) is 13.6. The average molecular weight is 378 g/mol. The van der Waals surface area contributed by atoms with E-state index in [1.165, 1.54) is 0 Å². The minimum atomic E-state index is -0.878. The summed E-state index contributed by atoms with van der Waals surface area (Å²) in [4.78, 5) is 29.1. The van der Waals surface area contributed by atoms with Crippen LogP contribution in [0.25, 0.3) is 0 Å². The van der Waals surface area contributed by atoms with E-state index in [-0.39, 0.29) is 18.2 Å². The summed E-state index contributed by atoms with van der Waals surface area (Å²) in [6, 6.07) is 13.9. The first-order valence-electron chi connectivity index (χ1n) is 8.80. The molecule has 8 nitrogen and oxygen atoms in total. The zero-order valence-electron chi connectivity index (χ0n) is 15.1. The van der Waals surface area contributed by atoms with Crippen LogP contribution in [0.1, 0.15) is 27.5 Å². The van der Waals surface area contributed by atoms with Crippen LogP contribution in [0, 0.1) is 6.92 Å². The molecular formula is C20H18N4O4. The van der Waals surface area contributed by atoms with E-state index in [1.807, 2.05) is 37.3 Å². The number of pyridine rings is 1. The van der Waals surface area contributed by atoms with Crippen molar-refractivity contribution in [3.63, 3.8) is 0 Å². The van der Waals surface area contributed by atoms with Gasteiger partial charge in [0.25, 0.3) is 11.8 Å². The Kier molecular flexibility index (Phi) is 4.76. The Hall–Kier alpha value is -3.68. The predicted octanol–water partition coefficient (Wildman–Crippen LogP) is 2.10. The lowest BCUT2D eigenvalue weighted by Crippen LogP contribution is -2.46. The van der Waals surface area contributed by atoms with E-state index < -0.39 is 11.9 Å². The second-order valence-electron chi connectivity index (χ2n) is 6.47. The maximum Gasteiger partial charge on any atom is 0.274 e. The van der Waals surface area contributed by atoms with Gasteiger partial charge >= 0.3 is 0 Å². The van der Waals surface area contributed by atoms with Crippen LogP contribution in [0.4, 0.5) is 5.69 Å². The van der Waals surface area contributed by atoms with Crippen LogP contribution in [0.15, 0.2) is 53.1 Å². The van der Waals surface area contributed by atoms with Crippen LogP contribution in [-0.4, -0.2) is 34.6 Å². The van der Waals surface area contributed by atoms with E-state index >= 15 is 0 Å². The Labute approximate surface area is 160 Å². The van der Waals surface area contributed by atoms with E-state index in [1.54, 1.807) is 18.2 Å². The summed E-state index contributed by atoms with van der Waals surface area (Å²) in [5.41, 5.74) is 2.39. The number of ether oxygens (including phenoxy) is 1. The van der Waals surface area contributed by atoms with Crippen molar-refractivity contribution in [2.24, 2.45) is 0 Å². The summed E-state index contributed by atoms with van der Waals surface area (Å²) >= 11 is 0. The summed E-state index contributed by atoms with van der Waals surface area (Å²) in [5, 5.41) is 9.14. The number of rotatable bonds is 4. The Bertz CT molecular complexity index is 1020. The van der Waals surface area contributed by atoms with Gasteiger partial charge in [0.15, 0.2) is 5.69 Å². The molecule has 28 heavy (non-hydrogen) atoms. The molecule has 0 saturated carbocycles. The lowest BCUT2D eigenvalue weighted by Gasteiger charge is -2.13. The molecule has 1 aliphatic heterocycles. The highest BCUT2D eigenvalue weighted by Crippen LogP contribution is 2.24. The van der Waals surface area contributed by atoms with Gasteiger partial charge in [-0.15, -0.1) is 0 Å². The molecule has 1 aromatic carbocycles. The minimum absolute atomic E-state index is 0.0320. The summed E-state index contributed by atoms with van der Waals surface area (Å²) in [5.74, 6) is -0.00524. The Balaban J connectivity index is 1.42. The number of carbonyl (C=O) groups excluding carboxylic acids is 2. The fourth-order valence-corrected chi connectivity index (χ4v) is 2.84. The number of carbonyl (C=O) groups is 2. The van der Waals surface area contributed by atoms with Gasteiger partial charge in [0.1, 0.15) is 24.1 Å². The normalized spacial score (nSPS) is 15.8. The number of nitrogens with zero attached hydrogens (tertiary/aromatic N) is 2. The summed E-state index contributed by atoms with van der Waals surface area (Å²) in [6.07, 6.45) is 0.522. The second kappa shape index (κ2) is 7.51. The van der Waals surface area contributed by atoms with Crippen molar-refractivity contribution in [3.8, 4) is 5.88 Å². The first kappa shape index (κ1) is 17.7. The number of nitrogens with one attached hydrogen (secondary N) is 2. The molecule has 0 radical (unpaired) electrons. The number of benzene rings is 1. The van der Waals surface area contributed by atoms with E-state index in [9.17, 15) is 9.59 Å². The first-order valence-corrected chi connectivity index (χ1v) is 8.80. The number of aryl methyl sites for hydroxylation is 1.